The molecule has 0 saturated heterocycles. The maximum Gasteiger partial charge on any atom is 0.250 e. The Morgan fingerprint density at radius 2 is 1.67 bits per heavy atom. The quantitative estimate of drug-likeness (QED) is 0.684. The summed E-state index contributed by atoms with van der Waals surface area (Å²) in [7, 11) is 1.98. The number of nitrogens with one attached hydrogen (secondary N) is 1. The molecule has 3 aromatic carbocycles. The summed E-state index contributed by atoms with van der Waals surface area (Å²) in [5, 5.41) is 3.67. The van der Waals surface area contributed by atoms with Crippen molar-refractivity contribution < 1.29 is 0 Å². The fourth-order valence-corrected chi connectivity index (χ4v) is 3.87. The summed E-state index contributed by atoms with van der Waals surface area (Å²) in [6.07, 6.45) is 1.84. The highest BCUT2D eigenvalue weighted by molar-refractivity contribution is 6.30. The molecule has 4 nitrogen and oxygen atoms in total. The van der Waals surface area contributed by atoms with E-state index < -0.39 is 10.9 Å². The van der Waals surface area contributed by atoms with E-state index in [0.29, 0.717) is 22.0 Å². The maximum atomic E-state index is 12.3. The molecule has 0 fully saturated rings. The van der Waals surface area contributed by atoms with Crippen LogP contribution in [-0.2, 0) is 5.41 Å². The molecule has 3 aromatic rings. The lowest BCUT2D eigenvalue weighted by Gasteiger charge is -2.25. The number of rotatable bonds is 3. The largest absolute Gasteiger partial charge is 0.352 e. The van der Waals surface area contributed by atoms with E-state index in [9.17, 15) is 9.59 Å². The highest BCUT2D eigenvalue weighted by atomic mass is 35.5. The zero-order valence-electron chi connectivity index (χ0n) is 15.3. The number of fused-ring (bicyclic) bond motifs is 1. The van der Waals surface area contributed by atoms with Crippen LogP contribution in [0.4, 0.5) is 17.1 Å². The number of allylic oxidation sites excluding steroid dienone is 1. The molecule has 0 saturated carbocycles. The van der Waals surface area contributed by atoms with Crippen molar-refractivity contribution in [3.8, 4) is 0 Å². The Morgan fingerprint density at radius 3 is 2.33 bits per heavy atom. The van der Waals surface area contributed by atoms with E-state index in [4.69, 9.17) is 11.6 Å². The topological polar surface area (TPSA) is 49.4 Å². The van der Waals surface area contributed by atoms with Crippen molar-refractivity contribution in [1.82, 2.24) is 0 Å². The van der Waals surface area contributed by atoms with Gasteiger partial charge < -0.3 is 10.2 Å². The molecule has 5 heteroatoms. The number of para-hydroxylation sites is 1. The standard InChI is InChI=1S/C22H19ClN2O2/c1-22(2)16-6-4-5-7-17(16)25(3)18(22)12-15-19(21(27)20(15)26)24-14-10-8-13(23)9-11-14/h4-12,24H,1-3H3/b18-12-. The molecule has 1 aliphatic heterocycles. The van der Waals surface area contributed by atoms with Crippen LogP contribution in [0.15, 0.2) is 63.8 Å². The second-order valence-corrected chi connectivity index (χ2v) is 7.75. The van der Waals surface area contributed by atoms with Crippen LogP contribution in [0, 0.1) is 0 Å². The average Bonchev–Trinajstić information content (AvgIpc) is 2.86. The van der Waals surface area contributed by atoms with Crippen LogP contribution in [0.1, 0.15) is 25.0 Å². The van der Waals surface area contributed by atoms with Crippen molar-refractivity contribution >= 4 is 34.7 Å². The van der Waals surface area contributed by atoms with Gasteiger partial charge in [0.25, 0.3) is 0 Å². The molecular weight excluding hydrogens is 360 g/mol. The van der Waals surface area contributed by atoms with Gasteiger partial charge in [-0.15, -0.1) is 0 Å². The number of likely N-dealkylation sites (N-methyl/N-ethyl adjacent to an activating group) is 1. The lowest BCUT2D eigenvalue weighted by molar-refractivity contribution is 0.645. The van der Waals surface area contributed by atoms with Crippen LogP contribution in [-0.4, -0.2) is 7.05 Å². The SMILES string of the molecule is CN1/C(=C\c2c(Nc3ccc(Cl)cc3)c(=O)c2=O)C(C)(C)c2ccccc21. The molecule has 0 aromatic heterocycles. The predicted molar refractivity (Wildman–Crippen MR) is 112 cm³/mol. The second kappa shape index (κ2) is 6.10. The van der Waals surface area contributed by atoms with Gasteiger partial charge in [-0.2, -0.15) is 0 Å². The number of anilines is 3. The number of halogens is 1. The van der Waals surface area contributed by atoms with E-state index in [0.717, 1.165) is 11.4 Å². The van der Waals surface area contributed by atoms with Crippen molar-refractivity contribution in [3.63, 3.8) is 0 Å². The van der Waals surface area contributed by atoms with Crippen LogP contribution >= 0.6 is 11.6 Å². The Bertz CT molecular complexity index is 1140. The van der Waals surface area contributed by atoms with Crippen molar-refractivity contribution in [3.05, 3.63) is 90.8 Å². The van der Waals surface area contributed by atoms with Crippen LogP contribution in [0.25, 0.3) is 6.08 Å². The molecular formula is C22H19ClN2O2. The first-order valence-electron chi connectivity index (χ1n) is 8.72. The van der Waals surface area contributed by atoms with E-state index in [1.165, 1.54) is 5.56 Å². The Hall–Kier alpha value is -2.85. The summed E-state index contributed by atoms with van der Waals surface area (Å²) in [4.78, 5) is 26.5. The second-order valence-electron chi connectivity index (χ2n) is 7.31. The number of hydrogen-bond acceptors (Lipinski definition) is 4. The number of nitrogens with zero attached hydrogens (tertiary/aromatic N) is 1. The van der Waals surface area contributed by atoms with E-state index in [1.807, 2.05) is 25.3 Å². The first-order chi connectivity index (χ1) is 12.8. The minimum Gasteiger partial charge on any atom is -0.352 e. The summed E-state index contributed by atoms with van der Waals surface area (Å²) in [6, 6.07) is 15.2. The number of hydrogen-bond donors (Lipinski definition) is 1. The molecule has 27 heavy (non-hydrogen) atoms. The molecule has 0 spiro atoms. The molecule has 0 aliphatic carbocycles. The highest BCUT2D eigenvalue weighted by Gasteiger charge is 2.38. The van der Waals surface area contributed by atoms with Gasteiger partial charge in [0, 0.05) is 34.6 Å². The van der Waals surface area contributed by atoms with Crippen molar-refractivity contribution in [2.24, 2.45) is 0 Å². The first-order valence-corrected chi connectivity index (χ1v) is 9.10. The maximum absolute atomic E-state index is 12.3. The van der Waals surface area contributed by atoms with Gasteiger partial charge in [-0.3, -0.25) is 9.59 Å². The van der Waals surface area contributed by atoms with Crippen molar-refractivity contribution in [2.45, 2.75) is 19.3 Å². The third kappa shape index (κ3) is 2.68. The summed E-state index contributed by atoms with van der Waals surface area (Å²) in [5.41, 5.74) is 3.54. The van der Waals surface area contributed by atoms with Crippen molar-refractivity contribution in [1.29, 1.82) is 0 Å². The molecule has 0 bridgehead atoms. The van der Waals surface area contributed by atoms with Gasteiger partial charge in [0.05, 0.1) is 5.56 Å². The van der Waals surface area contributed by atoms with Gasteiger partial charge in [0.1, 0.15) is 5.69 Å². The van der Waals surface area contributed by atoms with Gasteiger partial charge in [0.2, 0.25) is 10.9 Å². The molecule has 0 unspecified atom stereocenters. The lowest BCUT2D eigenvalue weighted by atomic mass is 9.83. The van der Waals surface area contributed by atoms with Gasteiger partial charge in [-0.25, -0.2) is 0 Å². The Labute approximate surface area is 162 Å². The minimum atomic E-state index is -0.493. The van der Waals surface area contributed by atoms with Gasteiger partial charge in [0.15, 0.2) is 0 Å². The van der Waals surface area contributed by atoms with Gasteiger partial charge in [-0.1, -0.05) is 43.6 Å². The Balaban J connectivity index is 1.76. The summed E-state index contributed by atoms with van der Waals surface area (Å²) >= 11 is 5.91. The minimum absolute atomic E-state index is 0.261. The van der Waals surface area contributed by atoms with Crippen LogP contribution in [0.3, 0.4) is 0 Å². The fourth-order valence-electron chi connectivity index (χ4n) is 3.74. The predicted octanol–water partition coefficient (Wildman–Crippen LogP) is 4.45. The molecule has 136 valence electrons. The fraction of sp³-hybridized carbons (Fsp3) is 0.182. The zero-order chi connectivity index (χ0) is 19.3. The number of benzene rings is 2. The smallest absolute Gasteiger partial charge is 0.250 e. The van der Waals surface area contributed by atoms with E-state index >= 15 is 0 Å². The molecule has 1 N–H and O–H groups in total. The van der Waals surface area contributed by atoms with E-state index in [1.54, 1.807) is 24.3 Å². The molecule has 0 amide bonds. The van der Waals surface area contributed by atoms with Gasteiger partial charge >= 0.3 is 0 Å². The molecule has 4 rings (SSSR count). The first kappa shape index (κ1) is 17.6. The summed E-state index contributed by atoms with van der Waals surface area (Å²) in [5.74, 6) is 0. The molecule has 1 heterocycles. The molecule has 0 atom stereocenters. The van der Waals surface area contributed by atoms with E-state index in [2.05, 4.69) is 36.2 Å². The van der Waals surface area contributed by atoms with E-state index in [-0.39, 0.29) is 5.41 Å². The summed E-state index contributed by atoms with van der Waals surface area (Å²) < 4.78 is 0. The lowest BCUT2D eigenvalue weighted by Crippen LogP contribution is -2.37. The average molecular weight is 379 g/mol. The zero-order valence-corrected chi connectivity index (χ0v) is 16.1. The highest BCUT2D eigenvalue weighted by Crippen LogP contribution is 2.47. The molecule has 1 aliphatic rings. The van der Waals surface area contributed by atoms with Crippen LogP contribution in [0.2, 0.25) is 5.02 Å². The molecule has 0 radical (unpaired) electrons. The van der Waals surface area contributed by atoms with Crippen LogP contribution in [0.5, 0.6) is 0 Å². The van der Waals surface area contributed by atoms with Crippen molar-refractivity contribution in [2.75, 3.05) is 17.3 Å². The monoisotopic (exact) mass is 378 g/mol. The normalized spacial score (nSPS) is 16.7. The van der Waals surface area contributed by atoms with Gasteiger partial charge in [-0.05, 0) is 42.0 Å². The summed E-state index contributed by atoms with van der Waals surface area (Å²) in [6.45, 7) is 4.25. The third-order valence-electron chi connectivity index (χ3n) is 5.28. The Kier molecular flexibility index (Phi) is 3.97. The third-order valence-corrected chi connectivity index (χ3v) is 5.53. The Morgan fingerprint density at radius 1 is 1.00 bits per heavy atom. The van der Waals surface area contributed by atoms with Crippen LogP contribution < -0.4 is 21.1 Å².